The van der Waals surface area contributed by atoms with Gasteiger partial charge in [0.05, 0.1) is 0 Å². The lowest BCUT2D eigenvalue weighted by Crippen LogP contribution is -2.30. The molecule has 1 fully saturated rings. The molecule has 1 saturated carbocycles. The highest BCUT2D eigenvalue weighted by atomic mass is 19.3. The lowest BCUT2D eigenvalue weighted by molar-refractivity contribution is 0.0767. The monoisotopic (exact) mass is 233 g/mol. The number of carbonyl (C=O) groups excluding carboxylic acids is 1. The fraction of sp³-hybridized carbons (Fsp3) is 0.556. The summed E-state index contributed by atoms with van der Waals surface area (Å²) in [4.78, 5) is 13.0. The van der Waals surface area contributed by atoms with Crippen molar-refractivity contribution in [2.24, 2.45) is 0 Å². The van der Waals surface area contributed by atoms with Crippen LogP contribution < -0.4 is 0 Å². The number of aromatic amines is 1. The number of hydrogen-bond donors (Lipinski definition) is 1. The fourth-order valence-electron chi connectivity index (χ4n) is 1.50. The largest absolute Gasteiger partial charge is 0.339 e. The molecule has 1 aromatic rings. The Morgan fingerprint density at radius 3 is 2.69 bits per heavy atom. The topological polar surface area (TPSA) is 49.0 Å². The van der Waals surface area contributed by atoms with Crippen LogP contribution in [0.3, 0.4) is 0 Å². The van der Waals surface area contributed by atoms with Gasteiger partial charge < -0.3 is 4.90 Å². The molecule has 1 N–H and O–H groups in total. The molecule has 1 amide bonds. The Bertz CT molecular complexity index is 414. The van der Waals surface area contributed by atoms with E-state index < -0.39 is 29.5 Å². The molecule has 0 radical (unpaired) electrons. The van der Waals surface area contributed by atoms with Crippen LogP contribution in [0.1, 0.15) is 35.3 Å². The number of H-pyrrole nitrogens is 1. The molecule has 16 heavy (non-hydrogen) atoms. The molecule has 7 heteroatoms. The van der Waals surface area contributed by atoms with Crippen LogP contribution in [0.15, 0.2) is 0 Å². The van der Waals surface area contributed by atoms with Crippen LogP contribution in [-0.4, -0.2) is 34.1 Å². The average Bonchev–Trinajstić information content (AvgIpc) is 2.99. The van der Waals surface area contributed by atoms with Crippen molar-refractivity contribution < 1.29 is 18.0 Å². The average molecular weight is 233 g/mol. The zero-order valence-electron chi connectivity index (χ0n) is 8.51. The molecule has 0 aliphatic heterocycles. The van der Waals surface area contributed by atoms with Gasteiger partial charge in [0.1, 0.15) is 11.3 Å². The number of alkyl halides is 2. The number of aromatic nitrogens is 2. The van der Waals surface area contributed by atoms with Crippen molar-refractivity contribution in [3.63, 3.8) is 0 Å². The van der Waals surface area contributed by atoms with Gasteiger partial charge in [-0.05, 0) is 12.8 Å². The summed E-state index contributed by atoms with van der Waals surface area (Å²) < 4.78 is 38.1. The van der Waals surface area contributed by atoms with Crippen LogP contribution in [-0.2, 0) is 0 Å². The third-order valence-electron chi connectivity index (χ3n) is 2.59. The first-order valence-electron chi connectivity index (χ1n) is 4.81. The van der Waals surface area contributed by atoms with E-state index in [1.54, 1.807) is 5.10 Å². The van der Waals surface area contributed by atoms with Crippen molar-refractivity contribution in [3.8, 4) is 0 Å². The number of amides is 1. The van der Waals surface area contributed by atoms with Crippen molar-refractivity contribution in [3.05, 3.63) is 17.2 Å². The molecule has 1 aliphatic rings. The highest BCUT2D eigenvalue weighted by molar-refractivity contribution is 5.95. The Morgan fingerprint density at radius 1 is 1.56 bits per heavy atom. The van der Waals surface area contributed by atoms with Crippen LogP contribution in [0.5, 0.6) is 0 Å². The fourth-order valence-corrected chi connectivity index (χ4v) is 1.50. The number of rotatable bonds is 3. The minimum atomic E-state index is -2.97. The summed E-state index contributed by atoms with van der Waals surface area (Å²) in [5.74, 6) is -1.85. The molecule has 0 bridgehead atoms. The van der Waals surface area contributed by atoms with E-state index in [1.165, 1.54) is 11.9 Å². The van der Waals surface area contributed by atoms with Crippen molar-refractivity contribution >= 4 is 5.91 Å². The summed E-state index contributed by atoms with van der Waals surface area (Å²) in [6, 6.07) is 0.0346. The van der Waals surface area contributed by atoms with Gasteiger partial charge in [-0.15, -0.1) is 0 Å². The molecule has 0 atom stereocenters. The first-order chi connectivity index (χ1) is 7.52. The van der Waals surface area contributed by atoms with Crippen LogP contribution in [0.4, 0.5) is 13.2 Å². The summed E-state index contributed by atoms with van der Waals surface area (Å²) in [6.07, 6.45) is -1.32. The maximum absolute atomic E-state index is 13.2. The van der Waals surface area contributed by atoms with Gasteiger partial charge in [0.15, 0.2) is 0 Å². The van der Waals surface area contributed by atoms with E-state index in [2.05, 4.69) is 5.10 Å². The van der Waals surface area contributed by atoms with Crippen molar-refractivity contribution in [1.82, 2.24) is 15.1 Å². The predicted octanol–water partition coefficient (Wildman–Crippen LogP) is 1.72. The molecule has 4 nitrogen and oxygen atoms in total. The molecule has 1 heterocycles. The Labute approximate surface area is 89.4 Å². The lowest BCUT2D eigenvalue weighted by Gasteiger charge is -2.15. The smallest absolute Gasteiger partial charge is 0.283 e. The SMILES string of the molecule is CN(C(=O)c1c(C(F)F)n[nH]c1F)C1CC1. The molecule has 1 aliphatic carbocycles. The van der Waals surface area contributed by atoms with E-state index in [0.29, 0.717) is 0 Å². The molecular formula is C9H10F3N3O. The number of nitrogens with one attached hydrogen (secondary N) is 1. The first-order valence-corrected chi connectivity index (χ1v) is 4.81. The summed E-state index contributed by atoms with van der Waals surface area (Å²) in [5.41, 5.74) is -1.47. The zero-order valence-corrected chi connectivity index (χ0v) is 8.51. The highest BCUT2D eigenvalue weighted by Crippen LogP contribution is 2.29. The van der Waals surface area contributed by atoms with Crippen LogP contribution in [0.2, 0.25) is 0 Å². The van der Waals surface area contributed by atoms with Gasteiger partial charge in [-0.1, -0.05) is 0 Å². The van der Waals surface area contributed by atoms with E-state index in [-0.39, 0.29) is 6.04 Å². The van der Waals surface area contributed by atoms with Crippen LogP contribution >= 0.6 is 0 Å². The molecule has 0 saturated heterocycles. The molecule has 0 aromatic carbocycles. The van der Waals surface area contributed by atoms with Gasteiger partial charge in [0, 0.05) is 13.1 Å². The Morgan fingerprint density at radius 2 is 2.19 bits per heavy atom. The quantitative estimate of drug-likeness (QED) is 0.864. The minimum absolute atomic E-state index is 0.0346. The maximum Gasteiger partial charge on any atom is 0.283 e. The van der Waals surface area contributed by atoms with Gasteiger partial charge in [-0.2, -0.15) is 9.49 Å². The normalized spacial score (nSPS) is 15.6. The second-order valence-corrected chi connectivity index (χ2v) is 3.75. The van der Waals surface area contributed by atoms with E-state index >= 15 is 0 Å². The third kappa shape index (κ3) is 1.77. The number of nitrogens with zero attached hydrogens (tertiary/aromatic N) is 2. The first kappa shape index (κ1) is 11.0. The van der Waals surface area contributed by atoms with Gasteiger partial charge in [0.2, 0.25) is 5.95 Å². The van der Waals surface area contributed by atoms with Crippen molar-refractivity contribution in [1.29, 1.82) is 0 Å². The second kappa shape index (κ2) is 3.80. The highest BCUT2D eigenvalue weighted by Gasteiger charge is 2.35. The Balaban J connectivity index is 2.30. The van der Waals surface area contributed by atoms with Gasteiger partial charge in [-0.25, -0.2) is 8.78 Å². The second-order valence-electron chi connectivity index (χ2n) is 3.75. The van der Waals surface area contributed by atoms with Gasteiger partial charge in [-0.3, -0.25) is 9.89 Å². The van der Waals surface area contributed by atoms with Gasteiger partial charge in [0.25, 0.3) is 12.3 Å². The number of hydrogen-bond acceptors (Lipinski definition) is 2. The van der Waals surface area contributed by atoms with Crippen LogP contribution in [0.25, 0.3) is 0 Å². The molecular weight excluding hydrogens is 223 g/mol. The van der Waals surface area contributed by atoms with Crippen molar-refractivity contribution in [2.75, 3.05) is 7.05 Å². The third-order valence-corrected chi connectivity index (χ3v) is 2.59. The van der Waals surface area contributed by atoms with Crippen LogP contribution in [0, 0.1) is 5.95 Å². The minimum Gasteiger partial charge on any atom is -0.339 e. The standard InChI is InChI=1S/C9H10F3N3O/c1-15(4-2-3-4)9(16)5-6(7(10)11)13-14-8(5)12/h4,7H,2-3H2,1H3,(H,13,14). The zero-order chi connectivity index (χ0) is 11.9. The Hall–Kier alpha value is -1.53. The molecule has 0 unspecified atom stereocenters. The van der Waals surface area contributed by atoms with E-state index in [1.807, 2.05) is 0 Å². The number of halogens is 3. The van der Waals surface area contributed by atoms with E-state index in [9.17, 15) is 18.0 Å². The summed E-state index contributed by atoms with van der Waals surface area (Å²) in [6.45, 7) is 0. The van der Waals surface area contributed by atoms with Crippen molar-refractivity contribution in [2.45, 2.75) is 25.3 Å². The Kier molecular flexibility index (Phi) is 2.61. The summed E-state index contributed by atoms with van der Waals surface area (Å²) in [7, 11) is 1.47. The molecule has 88 valence electrons. The summed E-state index contributed by atoms with van der Waals surface area (Å²) in [5, 5.41) is 4.87. The lowest BCUT2D eigenvalue weighted by atomic mass is 10.2. The molecule has 2 rings (SSSR count). The molecule has 1 aromatic heterocycles. The van der Waals surface area contributed by atoms with E-state index in [0.717, 1.165) is 12.8 Å². The van der Waals surface area contributed by atoms with Gasteiger partial charge >= 0.3 is 0 Å². The van der Waals surface area contributed by atoms with E-state index in [4.69, 9.17) is 0 Å². The predicted molar refractivity (Wildman–Crippen MR) is 48.6 cm³/mol. The maximum atomic E-state index is 13.2. The number of carbonyl (C=O) groups is 1. The summed E-state index contributed by atoms with van der Waals surface area (Å²) >= 11 is 0. The molecule has 0 spiro atoms.